The molecule has 3 amide bonds. The lowest BCUT2D eigenvalue weighted by atomic mass is 10.1. The summed E-state index contributed by atoms with van der Waals surface area (Å²) >= 11 is 1.60. The SMILES string of the molecule is NC(=O)C1CCCN1Cc1ccccc1NC(=O)c1ccc2c(c1)NC(=O)CCS2. The number of nitrogens with zero attached hydrogens (tertiary/aromatic N) is 1. The van der Waals surface area contributed by atoms with E-state index in [-0.39, 0.29) is 23.8 Å². The van der Waals surface area contributed by atoms with Gasteiger partial charge < -0.3 is 16.4 Å². The van der Waals surface area contributed by atoms with E-state index in [9.17, 15) is 14.4 Å². The number of rotatable bonds is 5. The number of fused-ring (bicyclic) bond motifs is 1. The van der Waals surface area contributed by atoms with Crippen LogP contribution in [-0.2, 0) is 16.1 Å². The monoisotopic (exact) mass is 424 g/mol. The fourth-order valence-corrected chi connectivity index (χ4v) is 4.83. The standard InChI is InChI=1S/C22H24N4O3S/c23-21(28)18-6-3-10-26(18)13-15-4-1-2-5-16(15)25-22(29)14-7-8-19-17(12-14)24-20(27)9-11-30-19/h1-2,4-5,7-8,12,18H,3,6,9-11,13H2,(H2,23,28)(H,24,27)(H,25,29). The van der Waals surface area contributed by atoms with Crippen LogP contribution >= 0.6 is 11.8 Å². The lowest BCUT2D eigenvalue weighted by molar-refractivity contribution is -0.122. The average Bonchev–Trinajstić information content (AvgIpc) is 3.10. The Morgan fingerprint density at radius 1 is 1.23 bits per heavy atom. The number of likely N-dealkylation sites (tertiary alicyclic amines) is 1. The number of thioether (sulfide) groups is 1. The number of nitrogens with two attached hydrogens (primary N) is 1. The van der Waals surface area contributed by atoms with E-state index in [1.165, 1.54) is 0 Å². The lowest BCUT2D eigenvalue weighted by Crippen LogP contribution is -2.39. The van der Waals surface area contributed by atoms with Gasteiger partial charge in [0.2, 0.25) is 11.8 Å². The first-order chi connectivity index (χ1) is 14.5. The molecule has 0 radical (unpaired) electrons. The van der Waals surface area contributed by atoms with Crippen molar-refractivity contribution in [3.63, 3.8) is 0 Å². The number of anilines is 2. The van der Waals surface area contributed by atoms with E-state index in [1.54, 1.807) is 23.9 Å². The molecule has 8 heteroatoms. The molecule has 2 aromatic rings. The Kier molecular flexibility index (Phi) is 6.06. The van der Waals surface area contributed by atoms with Crippen LogP contribution in [0.1, 0.15) is 35.2 Å². The number of benzene rings is 2. The third-order valence-electron chi connectivity index (χ3n) is 5.43. The molecule has 0 bridgehead atoms. The Morgan fingerprint density at radius 2 is 2.07 bits per heavy atom. The molecule has 156 valence electrons. The highest BCUT2D eigenvalue weighted by Crippen LogP contribution is 2.32. The van der Waals surface area contributed by atoms with Gasteiger partial charge in [-0.15, -0.1) is 11.8 Å². The maximum absolute atomic E-state index is 12.9. The summed E-state index contributed by atoms with van der Waals surface area (Å²) in [5.74, 6) is 0.125. The van der Waals surface area contributed by atoms with Gasteiger partial charge in [0.05, 0.1) is 11.7 Å². The molecule has 0 aliphatic carbocycles. The van der Waals surface area contributed by atoms with Crippen molar-refractivity contribution in [1.29, 1.82) is 0 Å². The highest BCUT2D eigenvalue weighted by Gasteiger charge is 2.29. The van der Waals surface area contributed by atoms with Gasteiger partial charge in [-0.25, -0.2) is 0 Å². The smallest absolute Gasteiger partial charge is 0.255 e. The zero-order valence-corrected chi connectivity index (χ0v) is 17.3. The fourth-order valence-electron chi connectivity index (χ4n) is 3.89. The van der Waals surface area contributed by atoms with Crippen molar-refractivity contribution in [2.75, 3.05) is 22.9 Å². The molecule has 4 rings (SSSR count). The van der Waals surface area contributed by atoms with E-state index in [1.807, 2.05) is 30.3 Å². The van der Waals surface area contributed by atoms with Crippen molar-refractivity contribution < 1.29 is 14.4 Å². The molecular weight excluding hydrogens is 400 g/mol. The van der Waals surface area contributed by atoms with Crippen molar-refractivity contribution in [2.45, 2.75) is 36.7 Å². The number of nitrogens with one attached hydrogen (secondary N) is 2. The minimum Gasteiger partial charge on any atom is -0.368 e. The summed E-state index contributed by atoms with van der Waals surface area (Å²) in [5.41, 5.74) is 8.31. The van der Waals surface area contributed by atoms with Crippen LogP contribution in [0, 0.1) is 0 Å². The molecule has 2 heterocycles. The Labute approximate surface area is 179 Å². The topological polar surface area (TPSA) is 105 Å². The molecule has 2 aliphatic rings. The number of amides is 3. The van der Waals surface area contributed by atoms with E-state index >= 15 is 0 Å². The fraction of sp³-hybridized carbons (Fsp3) is 0.318. The van der Waals surface area contributed by atoms with E-state index in [0.717, 1.165) is 35.6 Å². The Morgan fingerprint density at radius 3 is 2.90 bits per heavy atom. The second kappa shape index (κ2) is 8.89. The van der Waals surface area contributed by atoms with Gasteiger partial charge in [-0.2, -0.15) is 0 Å². The van der Waals surface area contributed by atoms with E-state index in [4.69, 9.17) is 5.73 Å². The number of hydrogen-bond acceptors (Lipinski definition) is 5. The van der Waals surface area contributed by atoms with Crippen molar-refractivity contribution in [1.82, 2.24) is 4.90 Å². The molecule has 4 N–H and O–H groups in total. The zero-order chi connectivity index (χ0) is 21.1. The number of carbonyl (C=O) groups excluding carboxylic acids is 3. The van der Waals surface area contributed by atoms with E-state index < -0.39 is 0 Å². The summed E-state index contributed by atoms with van der Waals surface area (Å²) in [7, 11) is 0. The maximum atomic E-state index is 12.9. The highest BCUT2D eigenvalue weighted by atomic mass is 32.2. The van der Waals surface area contributed by atoms with Crippen molar-refractivity contribution in [2.24, 2.45) is 5.73 Å². The van der Waals surface area contributed by atoms with Crippen LogP contribution < -0.4 is 16.4 Å². The zero-order valence-electron chi connectivity index (χ0n) is 16.5. The summed E-state index contributed by atoms with van der Waals surface area (Å²) in [4.78, 5) is 39.5. The molecule has 0 aromatic heterocycles. The van der Waals surface area contributed by atoms with Gasteiger partial charge in [0.25, 0.3) is 5.91 Å². The predicted molar refractivity (Wildman–Crippen MR) is 117 cm³/mol. The third-order valence-corrected chi connectivity index (χ3v) is 6.51. The number of para-hydroxylation sites is 1. The van der Waals surface area contributed by atoms with Crippen LogP contribution in [0.2, 0.25) is 0 Å². The van der Waals surface area contributed by atoms with Crippen LogP contribution in [0.3, 0.4) is 0 Å². The first-order valence-corrected chi connectivity index (χ1v) is 11.0. The van der Waals surface area contributed by atoms with Crippen LogP contribution in [0.5, 0.6) is 0 Å². The summed E-state index contributed by atoms with van der Waals surface area (Å²) in [6.07, 6.45) is 2.15. The van der Waals surface area contributed by atoms with E-state index in [0.29, 0.717) is 29.9 Å². The average molecular weight is 425 g/mol. The number of hydrogen-bond donors (Lipinski definition) is 3. The van der Waals surface area contributed by atoms with Gasteiger partial charge in [-0.3, -0.25) is 19.3 Å². The lowest BCUT2D eigenvalue weighted by Gasteiger charge is -2.23. The Hall–Kier alpha value is -2.84. The predicted octanol–water partition coefficient (Wildman–Crippen LogP) is 2.82. The minimum atomic E-state index is -0.307. The molecule has 2 aliphatic heterocycles. The number of carbonyl (C=O) groups is 3. The van der Waals surface area contributed by atoms with Gasteiger partial charge in [-0.05, 0) is 49.2 Å². The van der Waals surface area contributed by atoms with E-state index in [2.05, 4.69) is 15.5 Å². The molecular formula is C22H24N4O3S. The van der Waals surface area contributed by atoms with Crippen LogP contribution in [0.15, 0.2) is 47.4 Å². The molecule has 2 aromatic carbocycles. The molecule has 1 atom stereocenters. The van der Waals surface area contributed by atoms with Crippen LogP contribution in [0.25, 0.3) is 0 Å². The van der Waals surface area contributed by atoms with Crippen molar-refractivity contribution >= 4 is 40.9 Å². The van der Waals surface area contributed by atoms with Crippen molar-refractivity contribution in [3.05, 3.63) is 53.6 Å². The van der Waals surface area contributed by atoms with Gasteiger partial charge in [0.1, 0.15) is 0 Å². The molecule has 7 nitrogen and oxygen atoms in total. The molecule has 1 fully saturated rings. The molecule has 1 saturated heterocycles. The maximum Gasteiger partial charge on any atom is 0.255 e. The molecule has 1 unspecified atom stereocenters. The van der Waals surface area contributed by atoms with Gasteiger partial charge in [0.15, 0.2) is 0 Å². The second-order valence-corrected chi connectivity index (χ2v) is 8.64. The quantitative estimate of drug-likeness (QED) is 0.685. The first-order valence-electron chi connectivity index (χ1n) is 10.0. The highest BCUT2D eigenvalue weighted by molar-refractivity contribution is 7.99. The normalized spacial score (nSPS) is 18.9. The molecule has 30 heavy (non-hydrogen) atoms. The molecule has 0 saturated carbocycles. The molecule has 0 spiro atoms. The summed E-state index contributed by atoms with van der Waals surface area (Å²) in [5, 5.41) is 5.84. The minimum absolute atomic E-state index is 0.0428. The second-order valence-electron chi connectivity index (χ2n) is 7.50. The van der Waals surface area contributed by atoms with Crippen molar-refractivity contribution in [3.8, 4) is 0 Å². The summed E-state index contributed by atoms with van der Waals surface area (Å²) in [6.45, 7) is 1.35. The van der Waals surface area contributed by atoms with Gasteiger partial charge >= 0.3 is 0 Å². The summed E-state index contributed by atoms with van der Waals surface area (Å²) < 4.78 is 0. The third kappa shape index (κ3) is 4.49. The van der Waals surface area contributed by atoms with Crippen LogP contribution in [-0.4, -0.2) is 41.0 Å². The number of primary amides is 1. The van der Waals surface area contributed by atoms with Gasteiger partial charge in [0, 0.05) is 34.9 Å². The van der Waals surface area contributed by atoms with Gasteiger partial charge in [-0.1, -0.05) is 18.2 Å². The summed E-state index contributed by atoms with van der Waals surface area (Å²) in [6, 6.07) is 12.7. The van der Waals surface area contributed by atoms with Crippen LogP contribution in [0.4, 0.5) is 11.4 Å². The Bertz CT molecular complexity index is 994. The Balaban J connectivity index is 1.52. The largest absolute Gasteiger partial charge is 0.368 e. The first kappa shape index (κ1) is 20.4.